The van der Waals surface area contributed by atoms with Crippen molar-refractivity contribution in [1.82, 2.24) is 9.88 Å². The molecule has 0 saturated heterocycles. The van der Waals surface area contributed by atoms with Crippen molar-refractivity contribution in [1.29, 1.82) is 0 Å². The zero-order chi connectivity index (χ0) is 14.8. The Morgan fingerprint density at radius 3 is 2.47 bits per heavy atom. The SMILES string of the molecule is CCn1cc(S(=O)(=O)Cl)cc1C(=O)NCC(F)(F)F. The summed E-state index contributed by atoms with van der Waals surface area (Å²) in [5.74, 6) is -1.02. The normalized spacial score (nSPS) is 12.5. The highest BCUT2D eigenvalue weighted by molar-refractivity contribution is 8.13. The maximum Gasteiger partial charge on any atom is 0.405 e. The van der Waals surface area contributed by atoms with Crippen LogP contribution in [0.2, 0.25) is 0 Å². The predicted molar refractivity (Wildman–Crippen MR) is 61.5 cm³/mol. The summed E-state index contributed by atoms with van der Waals surface area (Å²) in [7, 11) is 1.06. The van der Waals surface area contributed by atoms with Gasteiger partial charge in [-0.15, -0.1) is 0 Å². The van der Waals surface area contributed by atoms with E-state index in [1.807, 2.05) is 0 Å². The van der Waals surface area contributed by atoms with Gasteiger partial charge < -0.3 is 9.88 Å². The Morgan fingerprint density at radius 1 is 1.47 bits per heavy atom. The van der Waals surface area contributed by atoms with Crippen molar-refractivity contribution in [3.05, 3.63) is 18.0 Å². The number of rotatable bonds is 4. The van der Waals surface area contributed by atoms with Crippen molar-refractivity contribution in [2.75, 3.05) is 6.54 Å². The van der Waals surface area contributed by atoms with Gasteiger partial charge in [0, 0.05) is 23.4 Å². The number of carbonyl (C=O) groups is 1. The highest BCUT2D eigenvalue weighted by atomic mass is 35.7. The van der Waals surface area contributed by atoms with Gasteiger partial charge in [0.05, 0.1) is 0 Å². The average molecular weight is 319 g/mol. The molecule has 0 bridgehead atoms. The molecule has 0 aliphatic rings. The monoisotopic (exact) mass is 318 g/mol. The van der Waals surface area contributed by atoms with Crippen LogP contribution in [0.4, 0.5) is 13.2 Å². The molecule has 1 aromatic heterocycles. The van der Waals surface area contributed by atoms with Crippen LogP contribution in [0.1, 0.15) is 17.4 Å². The topological polar surface area (TPSA) is 68.2 Å². The lowest BCUT2D eigenvalue weighted by atomic mass is 10.4. The fraction of sp³-hybridized carbons (Fsp3) is 0.444. The molecule has 0 atom stereocenters. The zero-order valence-electron chi connectivity index (χ0n) is 9.66. The molecule has 0 radical (unpaired) electrons. The van der Waals surface area contributed by atoms with E-state index in [0.717, 1.165) is 12.3 Å². The molecule has 0 aliphatic carbocycles. The molecule has 0 unspecified atom stereocenters. The third-order valence-electron chi connectivity index (χ3n) is 2.18. The van der Waals surface area contributed by atoms with Crippen LogP contribution in [0.5, 0.6) is 0 Å². The second-order valence-electron chi connectivity index (χ2n) is 3.58. The van der Waals surface area contributed by atoms with Crippen molar-refractivity contribution in [2.45, 2.75) is 24.5 Å². The molecule has 1 heterocycles. The fourth-order valence-electron chi connectivity index (χ4n) is 1.34. The first kappa shape index (κ1) is 15.8. The molecule has 108 valence electrons. The molecule has 1 amide bonds. The summed E-state index contributed by atoms with van der Waals surface area (Å²) in [5, 5.41) is 1.66. The van der Waals surface area contributed by atoms with Crippen LogP contribution in [0.25, 0.3) is 0 Å². The minimum atomic E-state index is -4.54. The van der Waals surface area contributed by atoms with E-state index in [9.17, 15) is 26.4 Å². The van der Waals surface area contributed by atoms with E-state index in [-0.39, 0.29) is 17.1 Å². The molecule has 0 spiro atoms. The highest BCUT2D eigenvalue weighted by Gasteiger charge is 2.29. The van der Waals surface area contributed by atoms with Crippen molar-refractivity contribution in [3.63, 3.8) is 0 Å². The third kappa shape index (κ3) is 4.43. The van der Waals surface area contributed by atoms with Crippen LogP contribution < -0.4 is 5.32 Å². The number of alkyl halides is 3. The van der Waals surface area contributed by atoms with Crippen LogP contribution in [0.15, 0.2) is 17.2 Å². The summed E-state index contributed by atoms with van der Waals surface area (Å²) in [6.07, 6.45) is -3.45. The van der Waals surface area contributed by atoms with Gasteiger partial charge in [-0.05, 0) is 13.0 Å². The maximum absolute atomic E-state index is 12.0. The van der Waals surface area contributed by atoms with Gasteiger partial charge in [-0.25, -0.2) is 8.42 Å². The lowest BCUT2D eigenvalue weighted by Crippen LogP contribution is -2.34. The Kier molecular flexibility index (Phi) is 4.51. The third-order valence-corrected chi connectivity index (χ3v) is 3.50. The summed E-state index contributed by atoms with van der Waals surface area (Å²) in [4.78, 5) is 11.2. The van der Waals surface area contributed by atoms with Gasteiger partial charge in [0.1, 0.15) is 17.1 Å². The van der Waals surface area contributed by atoms with E-state index in [4.69, 9.17) is 10.7 Å². The first-order valence-electron chi connectivity index (χ1n) is 5.04. The minimum Gasteiger partial charge on any atom is -0.342 e. The van der Waals surface area contributed by atoms with Gasteiger partial charge in [0.25, 0.3) is 15.0 Å². The van der Waals surface area contributed by atoms with E-state index in [0.29, 0.717) is 0 Å². The standard InChI is InChI=1S/C9H10ClF3N2O3S/c1-2-15-4-6(19(10,17)18)3-7(15)8(16)14-5-9(11,12)13/h3-4H,2,5H2,1H3,(H,14,16). The second-order valence-corrected chi connectivity index (χ2v) is 6.15. The Balaban J connectivity index is 3.00. The number of amides is 1. The van der Waals surface area contributed by atoms with Crippen LogP contribution >= 0.6 is 10.7 Å². The van der Waals surface area contributed by atoms with Crippen molar-refractivity contribution in [2.24, 2.45) is 0 Å². The number of halogens is 4. The van der Waals surface area contributed by atoms with Gasteiger partial charge >= 0.3 is 6.18 Å². The van der Waals surface area contributed by atoms with Crippen LogP contribution in [-0.4, -0.2) is 31.6 Å². The smallest absolute Gasteiger partial charge is 0.342 e. The van der Waals surface area contributed by atoms with Gasteiger partial charge in [-0.2, -0.15) is 13.2 Å². The lowest BCUT2D eigenvalue weighted by Gasteiger charge is -2.09. The van der Waals surface area contributed by atoms with E-state index in [1.54, 1.807) is 12.2 Å². The average Bonchev–Trinajstić information content (AvgIpc) is 2.68. The first-order valence-corrected chi connectivity index (χ1v) is 7.35. The summed E-state index contributed by atoms with van der Waals surface area (Å²) in [6, 6.07) is 0.928. The molecule has 0 aliphatic heterocycles. The molecule has 1 rings (SSSR count). The predicted octanol–water partition coefficient (Wildman–Crippen LogP) is 1.73. The second kappa shape index (κ2) is 5.41. The molecule has 0 fully saturated rings. The molecular formula is C9H10ClF3N2O3S. The van der Waals surface area contributed by atoms with Crippen LogP contribution in [0, 0.1) is 0 Å². The number of nitrogens with zero attached hydrogens (tertiary/aromatic N) is 1. The van der Waals surface area contributed by atoms with Gasteiger partial charge in [0.15, 0.2) is 0 Å². The zero-order valence-corrected chi connectivity index (χ0v) is 11.2. The van der Waals surface area contributed by atoms with Crippen molar-refractivity contribution >= 4 is 25.6 Å². The number of carbonyl (C=O) groups excluding carboxylic acids is 1. The van der Waals surface area contributed by atoms with Crippen molar-refractivity contribution < 1.29 is 26.4 Å². The van der Waals surface area contributed by atoms with E-state index in [2.05, 4.69) is 0 Å². The Hall–Kier alpha value is -1.22. The molecule has 1 N–H and O–H groups in total. The van der Waals surface area contributed by atoms with Gasteiger partial charge in [0.2, 0.25) is 0 Å². The van der Waals surface area contributed by atoms with E-state index >= 15 is 0 Å². The van der Waals surface area contributed by atoms with E-state index in [1.165, 1.54) is 4.57 Å². The summed E-state index contributed by atoms with van der Waals surface area (Å²) < 4.78 is 59.3. The summed E-state index contributed by atoms with van der Waals surface area (Å²) in [5.41, 5.74) is -0.203. The van der Waals surface area contributed by atoms with Crippen LogP contribution in [-0.2, 0) is 15.6 Å². The molecule has 0 aromatic carbocycles. The number of aromatic nitrogens is 1. The number of hydrogen-bond acceptors (Lipinski definition) is 3. The Morgan fingerprint density at radius 2 is 2.05 bits per heavy atom. The number of hydrogen-bond donors (Lipinski definition) is 1. The minimum absolute atomic E-state index is 0.203. The van der Waals surface area contributed by atoms with Crippen LogP contribution in [0.3, 0.4) is 0 Å². The van der Waals surface area contributed by atoms with Gasteiger partial charge in [-0.1, -0.05) is 0 Å². The summed E-state index contributed by atoms with van der Waals surface area (Å²) in [6.45, 7) is 0.316. The molecule has 0 saturated carbocycles. The molecule has 19 heavy (non-hydrogen) atoms. The maximum atomic E-state index is 12.0. The molecule has 10 heteroatoms. The number of nitrogens with one attached hydrogen (secondary N) is 1. The lowest BCUT2D eigenvalue weighted by molar-refractivity contribution is -0.123. The van der Waals surface area contributed by atoms with Crippen molar-refractivity contribution in [3.8, 4) is 0 Å². The summed E-state index contributed by atoms with van der Waals surface area (Å²) >= 11 is 0. The largest absolute Gasteiger partial charge is 0.405 e. The molecular weight excluding hydrogens is 309 g/mol. The quantitative estimate of drug-likeness (QED) is 0.860. The fourth-order valence-corrected chi connectivity index (χ4v) is 2.10. The van der Waals surface area contributed by atoms with E-state index < -0.39 is 27.7 Å². The Bertz CT molecular complexity index is 580. The first-order chi connectivity index (χ1) is 8.54. The Labute approximate surface area is 111 Å². The molecule has 1 aromatic rings. The highest BCUT2D eigenvalue weighted by Crippen LogP contribution is 2.19. The molecule has 5 nitrogen and oxygen atoms in total. The van der Waals surface area contributed by atoms with Gasteiger partial charge in [-0.3, -0.25) is 4.79 Å². The number of aryl methyl sites for hydroxylation is 1.